The molecule has 0 spiro atoms. The maximum atomic E-state index is 10.9. The quantitative estimate of drug-likeness (QED) is 0.359. The number of benzene rings is 4. The van der Waals surface area contributed by atoms with E-state index in [0.29, 0.717) is 0 Å². The summed E-state index contributed by atoms with van der Waals surface area (Å²) in [7, 11) is 0. The number of hydrogen-bond donors (Lipinski definition) is 2. The second-order valence-electron chi connectivity index (χ2n) is 7.68. The number of rotatable bonds is 6. The van der Waals surface area contributed by atoms with Gasteiger partial charge in [0.2, 0.25) is 0 Å². The third-order valence-corrected chi connectivity index (χ3v) is 5.30. The highest BCUT2D eigenvalue weighted by Gasteiger charge is 2.13. The van der Waals surface area contributed by atoms with E-state index in [4.69, 9.17) is 10.2 Å². The molecule has 4 heteroatoms. The first-order valence-corrected chi connectivity index (χ1v) is 10.7. The lowest BCUT2D eigenvalue weighted by atomic mass is 9.98. The van der Waals surface area contributed by atoms with Crippen molar-refractivity contribution in [1.82, 2.24) is 0 Å². The van der Waals surface area contributed by atoms with Gasteiger partial charge < -0.3 is 10.2 Å². The van der Waals surface area contributed by atoms with Gasteiger partial charge in [-0.2, -0.15) is 0 Å². The van der Waals surface area contributed by atoms with Crippen LogP contribution in [-0.2, 0) is 16.0 Å². The molecule has 4 aromatic carbocycles. The molecule has 0 aliphatic rings. The molecule has 4 rings (SSSR count). The van der Waals surface area contributed by atoms with E-state index in [-0.39, 0.29) is 6.42 Å². The summed E-state index contributed by atoms with van der Waals surface area (Å²) in [6.45, 7) is 1.69. The Hall–Kier alpha value is -4.18. The van der Waals surface area contributed by atoms with E-state index in [1.807, 2.05) is 109 Å². The van der Waals surface area contributed by atoms with Gasteiger partial charge in [0, 0.05) is 0 Å². The molecule has 0 fully saturated rings. The SMILES string of the molecule is CC(C(=O)O)c1ccc(-c2ccccc2)cc1.O=C(O)Cc1ccc(-c2ccccc2)cc1. The Morgan fingerprint density at radius 2 is 1.00 bits per heavy atom. The van der Waals surface area contributed by atoms with Crippen molar-refractivity contribution in [2.45, 2.75) is 19.3 Å². The Morgan fingerprint density at radius 1 is 0.606 bits per heavy atom. The molecule has 1 unspecified atom stereocenters. The van der Waals surface area contributed by atoms with Crippen LogP contribution in [0.2, 0.25) is 0 Å². The average Bonchev–Trinajstić information content (AvgIpc) is 2.85. The maximum Gasteiger partial charge on any atom is 0.310 e. The fraction of sp³-hybridized carbons (Fsp3) is 0.103. The normalized spacial score (nSPS) is 11.1. The first kappa shape index (κ1) is 23.5. The van der Waals surface area contributed by atoms with Gasteiger partial charge in [-0.05, 0) is 40.3 Å². The average molecular weight is 439 g/mol. The fourth-order valence-electron chi connectivity index (χ4n) is 3.36. The van der Waals surface area contributed by atoms with Gasteiger partial charge in [-0.1, -0.05) is 109 Å². The highest BCUT2D eigenvalue weighted by Crippen LogP contribution is 2.23. The number of carboxylic acids is 2. The molecule has 0 radical (unpaired) electrons. The predicted octanol–water partition coefficient (Wildman–Crippen LogP) is 6.52. The molecule has 0 aliphatic heterocycles. The third kappa shape index (κ3) is 6.91. The predicted molar refractivity (Wildman–Crippen MR) is 131 cm³/mol. The molecular formula is C29H26O4. The maximum absolute atomic E-state index is 10.9. The summed E-state index contributed by atoms with van der Waals surface area (Å²) in [5.74, 6) is -2.05. The third-order valence-electron chi connectivity index (χ3n) is 5.30. The Labute approximate surface area is 193 Å². The molecule has 0 amide bonds. The number of carboxylic acid groups (broad SMARTS) is 2. The molecule has 33 heavy (non-hydrogen) atoms. The summed E-state index contributed by atoms with van der Waals surface area (Å²) in [5, 5.41) is 17.6. The van der Waals surface area contributed by atoms with Crippen LogP contribution in [0.5, 0.6) is 0 Å². The first-order chi connectivity index (χ1) is 15.9. The van der Waals surface area contributed by atoms with Crippen molar-refractivity contribution in [3.63, 3.8) is 0 Å². The molecule has 166 valence electrons. The van der Waals surface area contributed by atoms with Gasteiger partial charge >= 0.3 is 11.9 Å². The lowest BCUT2D eigenvalue weighted by Crippen LogP contribution is -2.06. The van der Waals surface area contributed by atoms with Crippen LogP contribution in [0.4, 0.5) is 0 Å². The molecule has 4 nitrogen and oxygen atoms in total. The van der Waals surface area contributed by atoms with Crippen molar-refractivity contribution < 1.29 is 19.8 Å². The van der Waals surface area contributed by atoms with Gasteiger partial charge in [0.05, 0.1) is 12.3 Å². The minimum Gasteiger partial charge on any atom is -0.481 e. The molecule has 0 aromatic heterocycles. The zero-order chi connectivity index (χ0) is 23.6. The highest BCUT2D eigenvalue weighted by molar-refractivity contribution is 5.76. The van der Waals surface area contributed by atoms with Crippen LogP contribution in [0, 0.1) is 0 Å². The van der Waals surface area contributed by atoms with Gasteiger partial charge in [0.15, 0.2) is 0 Å². The number of aliphatic carboxylic acids is 2. The van der Waals surface area contributed by atoms with Crippen LogP contribution < -0.4 is 0 Å². The Bertz CT molecular complexity index is 1170. The Kier molecular flexibility index (Phi) is 8.14. The van der Waals surface area contributed by atoms with Gasteiger partial charge in [0.25, 0.3) is 0 Å². The van der Waals surface area contributed by atoms with Crippen molar-refractivity contribution in [3.05, 3.63) is 120 Å². The number of hydrogen-bond acceptors (Lipinski definition) is 2. The molecule has 0 saturated heterocycles. The molecule has 0 saturated carbocycles. The summed E-state index contributed by atoms with van der Waals surface area (Å²) < 4.78 is 0. The summed E-state index contributed by atoms with van der Waals surface area (Å²) in [6.07, 6.45) is 0.0784. The van der Waals surface area contributed by atoms with E-state index in [9.17, 15) is 9.59 Å². The van der Waals surface area contributed by atoms with Crippen LogP contribution in [0.3, 0.4) is 0 Å². The molecule has 0 bridgehead atoms. The highest BCUT2D eigenvalue weighted by atomic mass is 16.4. The van der Waals surface area contributed by atoms with Crippen molar-refractivity contribution in [1.29, 1.82) is 0 Å². The standard InChI is InChI=1S/C15H14O2.C14H12O2/c1-11(15(16)17)12-7-9-14(10-8-12)13-5-3-2-4-6-13;15-14(16)10-11-6-8-13(9-7-11)12-4-2-1-3-5-12/h2-11H,1H3,(H,16,17);1-9H,10H2,(H,15,16). The monoisotopic (exact) mass is 438 g/mol. The number of carbonyl (C=O) groups is 2. The molecular weight excluding hydrogens is 412 g/mol. The Morgan fingerprint density at radius 3 is 1.39 bits per heavy atom. The van der Waals surface area contributed by atoms with Crippen LogP contribution in [0.1, 0.15) is 24.0 Å². The van der Waals surface area contributed by atoms with E-state index < -0.39 is 17.9 Å². The molecule has 2 N–H and O–H groups in total. The molecule has 0 aliphatic carbocycles. The smallest absolute Gasteiger partial charge is 0.310 e. The van der Waals surface area contributed by atoms with E-state index in [1.165, 1.54) is 0 Å². The van der Waals surface area contributed by atoms with Crippen LogP contribution in [-0.4, -0.2) is 22.2 Å². The lowest BCUT2D eigenvalue weighted by Gasteiger charge is -2.07. The summed E-state index contributed by atoms with van der Waals surface area (Å²) >= 11 is 0. The van der Waals surface area contributed by atoms with Gasteiger partial charge in [-0.15, -0.1) is 0 Å². The van der Waals surface area contributed by atoms with E-state index in [1.54, 1.807) is 6.92 Å². The molecule has 0 heterocycles. The minimum absolute atomic E-state index is 0.0784. The molecule has 1 atom stereocenters. The first-order valence-electron chi connectivity index (χ1n) is 10.7. The summed E-state index contributed by atoms with van der Waals surface area (Å²) in [6, 6.07) is 35.3. The van der Waals surface area contributed by atoms with E-state index >= 15 is 0 Å². The van der Waals surface area contributed by atoms with Crippen molar-refractivity contribution >= 4 is 11.9 Å². The van der Waals surface area contributed by atoms with Crippen molar-refractivity contribution in [2.24, 2.45) is 0 Å². The second-order valence-corrected chi connectivity index (χ2v) is 7.68. The van der Waals surface area contributed by atoms with E-state index in [0.717, 1.165) is 33.4 Å². The Balaban J connectivity index is 0.000000186. The summed E-state index contributed by atoms with van der Waals surface area (Å²) in [4.78, 5) is 21.4. The largest absolute Gasteiger partial charge is 0.481 e. The van der Waals surface area contributed by atoms with Crippen LogP contribution in [0.15, 0.2) is 109 Å². The molecule has 4 aromatic rings. The van der Waals surface area contributed by atoms with E-state index in [2.05, 4.69) is 0 Å². The topological polar surface area (TPSA) is 74.6 Å². The second kappa shape index (κ2) is 11.4. The van der Waals surface area contributed by atoms with Gasteiger partial charge in [-0.25, -0.2) is 0 Å². The van der Waals surface area contributed by atoms with Gasteiger partial charge in [0.1, 0.15) is 0 Å². The zero-order valence-electron chi connectivity index (χ0n) is 18.4. The van der Waals surface area contributed by atoms with Crippen LogP contribution >= 0.6 is 0 Å². The minimum atomic E-state index is -0.799. The van der Waals surface area contributed by atoms with Crippen molar-refractivity contribution in [3.8, 4) is 22.3 Å². The van der Waals surface area contributed by atoms with Gasteiger partial charge in [-0.3, -0.25) is 9.59 Å². The zero-order valence-corrected chi connectivity index (χ0v) is 18.4. The fourth-order valence-corrected chi connectivity index (χ4v) is 3.36. The summed E-state index contributed by atoms with van der Waals surface area (Å²) in [5.41, 5.74) is 6.15. The lowest BCUT2D eigenvalue weighted by molar-refractivity contribution is -0.138. The van der Waals surface area contributed by atoms with Crippen molar-refractivity contribution in [2.75, 3.05) is 0 Å². The van der Waals surface area contributed by atoms with Crippen LogP contribution in [0.25, 0.3) is 22.3 Å².